The first-order chi connectivity index (χ1) is 9.28. The molecule has 1 aliphatic carbocycles. The highest BCUT2D eigenvalue weighted by atomic mass is 16.5. The van der Waals surface area contributed by atoms with E-state index in [1.165, 1.54) is 12.8 Å². The van der Waals surface area contributed by atoms with Gasteiger partial charge in [-0.3, -0.25) is 4.79 Å². The molecule has 0 atom stereocenters. The van der Waals surface area contributed by atoms with Gasteiger partial charge in [0.05, 0.1) is 6.54 Å². The van der Waals surface area contributed by atoms with Crippen molar-refractivity contribution in [2.24, 2.45) is 5.92 Å². The lowest BCUT2D eigenvalue weighted by Gasteiger charge is -2.07. The van der Waals surface area contributed by atoms with Crippen molar-refractivity contribution in [3.05, 3.63) is 24.3 Å². The number of rotatable bonds is 7. The molecule has 5 nitrogen and oxygen atoms in total. The number of anilines is 1. The molecule has 0 bridgehead atoms. The van der Waals surface area contributed by atoms with Crippen LogP contribution in [0.25, 0.3) is 0 Å². The van der Waals surface area contributed by atoms with Crippen molar-refractivity contribution in [1.82, 2.24) is 5.32 Å². The standard InChI is InChI=1S/C14H17N3O2/c15-7-8-19-13-5-3-12(4-6-13)17-14(18)10-16-9-11-1-2-11/h3-6,11,16H,1-2,8-10H2,(H,17,18). The quantitative estimate of drug-likeness (QED) is 0.778. The summed E-state index contributed by atoms with van der Waals surface area (Å²) >= 11 is 0. The largest absolute Gasteiger partial charge is 0.479 e. The molecule has 1 aromatic carbocycles. The molecule has 0 aromatic heterocycles. The fourth-order valence-electron chi connectivity index (χ4n) is 1.67. The lowest BCUT2D eigenvalue weighted by atomic mass is 10.3. The van der Waals surface area contributed by atoms with Crippen LogP contribution in [0.2, 0.25) is 0 Å². The first-order valence-electron chi connectivity index (χ1n) is 6.38. The molecule has 0 unspecified atom stereocenters. The smallest absolute Gasteiger partial charge is 0.238 e. The zero-order valence-electron chi connectivity index (χ0n) is 10.7. The summed E-state index contributed by atoms with van der Waals surface area (Å²) in [5, 5.41) is 14.3. The number of nitriles is 1. The van der Waals surface area contributed by atoms with E-state index in [9.17, 15) is 4.79 Å². The molecule has 1 amide bonds. The van der Waals surface area contributed by atoms with Crippen LogP contribution in [0, 0.1) is 17.2 Å². The maximum Gasteiger partial charge on any atom is 0.238 e. The Bertz CT molecular complexity index is 461. The van der Waals surface area contributed by atoms with Crippen molar-refractivity contribution in [2.45, 2.75) is 12.8 Å². The highest BCUT2D eigenvalue weighted by Gasteiger charge is 2.20. The summed E-state index contributed by atoms with van der Waals surface area (Å²) in [4.78, 5) is 11.6. The Morgan fingerprint density at radius 3 is 2.74 bits per heavy atom. The third kappa shape index (κ3) is 4.98. The minimum absolute atomic E-state index is 0.0246. The summed E-state index contributed by atoms with van der Waals surface area (Å²) in [6, 6.07) is 8.86. The second-order valence-corrected chi connectivity index (χ2v) is 4.59. The van der Waals surface area contributed by atoms with E-state index in [2.05, 4.69) is 10.6 Å². The first-order valence-corrected chi connectivity index (χ1v) is 6.38. The summed E-state index contributed by atoms with van der Waals surface area (Å²) in [6.45, 7) is 1.29. The molecule has 1 fully saturated rings. The van der Waals surface area contributed by atoms with E-state index in [4.69, 9.17) is 10.00 Å². The number of nitrogens with one attached hydrogen (secondary N) is 2. The minimum Gasteiger partial charge on any atom is -0.479 e. The summed E-state index contributed by atoms with van der Waals surface area (Å²) in [7, 11) is 0. The Labute approximate surface area is 112 Å². The minimum atomic E-state index is -0.0497. The molecule has 0 heterocycles. The van der Waals surface area contributed by atoms with Gasteiger partial charge in [0.2, 0.25) is 5.91 Å². The Hall–Kier alpha value is -2.06. The molecule has 2 rings (SSSR count). The fraction of sp³-hybridized carbons (Fsp3) is 0.429. The average molecular weight is 259 g/mol. The van der Waals surface area contributed by atoms with Gasteiger partial charge >= 0.3 is 0 Å². The number of hydrogen-bond donors (Lipinski definition) is 2. The normalized spacial score (nSPS) is 13.6. The molecule has 0 aliphatic heterocycles. The Morgan fingerprint density at radius 2 is 2.11 bits per heavy atom. The molecular weight excluding hydrogens is 242 g/mol. The lowest BCUT2D eigenvalue weighted by molar-refractivity contribution is -0.115. The molecule has 1 aromatic rings. The van der Waals surface area contributed by atoms with Gasteiger partial charge in [-0.05, 0) is 49.6 Å². The highest BCUT2D eigenvalue weighted by molar-refractivity contribution is 5.92. The van der Waals surface area contributed by atoms with Crippen LogP contribution in [0.3, 0.4) is 0 Å². The maximum atomic E-state index is 11.6. The average Bonchev–Trinajstić information content (AvgIpc) is 3.22. The zero-order valence-corrected chi connectivity index (χ0v) is 10.7. The summed E-state index contributed by atoms with van der Waals surface area (Å²) in [5.41, 5.74) is 0.725. The highest BCUT2D eigenvalue weighted by Crippen LogP contribution is 2.27. The van der Waals surface area contributed by atoms with Gasteiger partial charge in [-0.1, -0.05) is 0 Å². The molecule has 100 valence electrons. The van der Waals surface area contributed by atoms with Crippen molar-refractivity contribution in [2.75, 3.05) is 25.0 Å². The van der Waals surface area contributed by atoms with E-state index in [0.717, 1.165) is 18.2 Å². The van der Waals surface area contributed by atoms with Crippen molar-refractivity contribution in [1.29, 1.82) is 5.26 Å². The number of ether oxygens (including phenoxy) is 1. The van der Waals surface area contributed by atoms with Crippen LogP contribution < -0.4 is 15.4 Å². The monoisotopic (exact) mass is 259 g/mol. The first kappa shape index (κ1) is 13.4. The molecular formula is C14H17N3O2. The van der Waals surface area contributed by atoms with Gasteiger partial charge in [0.15, 0.2) is 6.61 Å². The van der Waals surface area contributed by atoms with E-state index < -0.39 is 0 Å². The van der Waals surface area contributed by atoms with Crippen LogP contribution in [0.15, 0.2) is 24.3 Å². The molecule has 0 saturated heterocycles. The van der Waals surface area contributed by atoms with Gasteiger partial charge in [-0.2, -0.15) is 5.26 Å². The van der Waals surface area contributed by atoms with Crippen molar-refractivity contribution in [3.8, 4) is 11.8 Å². The van der Waals surface area contributed by atoms with Gasteiger partial charge in [-0.25, -0.2) is 0 Å². The topological polar surface area (TPSA) is 74.1 Å². The van der Waals surface area contributed by atoms with E-state index in [-0.39, 0.29) is 12.5 Å². The Morgan fingerprint density at radius 1 is 1.37 bits per heavy atom. The third-order valence-corrected chi connectivity index (χ3v) is 2.86. The number of carbonyl (C=O) groups excluding carboxylic acids is 1. The predicted octanol–water partition coefficient (Wildman–Crippen LogP) is 1.53. The molecule has 2 N–H and O–H groups in total. The van der Waals surface area contributed by atoms with Gasteiger partial charge in [0.1, 0.15) is 11.8 Å². The van der Waals surface area contributed by atoms with Gasteiger partial charge in [-0.15, -0.1) is 0 Å². The van der Waals surface area contributed by atoms with Crippen LogP contribution in [0.4, 0.5) is 5.69 Å². The number of benzene rings is 1. The molecule has 1 saturated carbocycles. The SMILES string of the molecule is N#CCOc1ccc(NC(=O)CNCC2CC2)cc1. The van der Waals surface area contributed by atoms with Crippen molar-refractivity contribution < 1.29 is 9.53 Å². The summed E-state index contributed by atoms with van der Waals surface area (Å²) in [5.74, 6) is 1.34. The van der Waals surface area contributed by atoms with E-state index in [0.29, 0.717) is 12.3 Å². The Balaban J connectivity index is 1.71. The molecule has 5 heteroatoms. The van der Waals surface area contributed by atoms with E-state index in [1.807, 2.05) is 6.07 Å². The van der Waals surface area contributed by atoms with Gasteiger partial charge < -0.3 is 15.4 Å². The molecule has 1 aliphatic rings. The second-order valence-electron chi connectivity index (χ2n) is 4.59. The van der Waals surface area contributed by atoms with Crippen LogP contribution >= 0.6 is 0 Å². The molecule has 0 radical (unpaired) electrons. The van der Waals surface area contributed by atoms with Crippen molar-refractivity contribution >= 4 is 11.6 Å². The summed E-state index contributed by atoms with van der Waals surface area (Å²) in [6.07, 6.45) is 2.55. The molecule has 0 spiro atoms. The fourth-order valence-corrected chi connectivity index (χ4v) is 1.67. The van der Waals surface area contributed by atoms with Crippen LogP contribution in [-0.4, -0.2) is 25.6 Å². The number of hydrogen-bond acceptors (Lipinski definition) is 4. The number of nitrogens with zero attached hydrogens (tertiary/aromatic N) is 1. The van der Waals surface area contributed by atoms with Gasteiger partial charge in [0, 0.05) is 5.69 Å². The number of carbonyl (C=O) groups is 1. The third-order valence-electron chi connectivity index (χ3n) is 2.86. The van der Waals surface area contributed by atoms with E-state index in [1.54, 1.807) is 24.3 Å². The molecule has 19 heavy (non-hydrogen) atoms. The Kier molecular flexibility index (Phi) is 4.76. The number of amides is 1. The van der Waals surface area contributed by atoms with Crippen molar-refractivity contribution in [3.63, 3.8) is 0 Å². The van der Waals surface area contributed by atoms with Crippen LogP contribution in [0.5, 0.6) is 5.75 Å². The summed E-state index contributed by atoms with van der Waals surface area (Å²) < 4.78 is 5.13. The second kappa shape index (κ2) is 6.76. The maximum absolute atomic E-state index is 11.6. The van der Waals surface area contributed by atoms with E-state index >= 15 is 0 Å². The predicted molar refractivity (Wildman–Crippen MR) is 71.8 cm³/mol. The zero-order chi connectivity index (χ0) is 13.5. The van der Waals surface area contributed by atoms with Gasteiger partial charge in [0.25, 0.3) is 0 Å². The van der Waals surface area contributed by atoms with Crippen LogP contribution in [0.1, 0.15) is 12.8 Å². The lowest BCUT2D eigenvalue weighted by Crippen LogP contribution is -2.29. The van der Waals surface area contributed by atoms with Crippen LogP contribution in [-0.2, 0) is 4.79 Å².